The fraction of sp³-hybridized carbons (Fsp3) is 0.214. The van der Waals surface area contributed by atoms with E-state index in [9.17, 15) is 4.79 Å². The molecule has 0 unspecified atom stereocenters. The molecule has 3 heterocycles. The Morgan fingerprint density at radius 1 is 1.26 bits per heavy atom. The predicted molar refractivity (Wildman–Crippen MR) is 84.8 cm³/mol. The molecule has 118 valence electrons. The lowest BCUT2D eigenvalue weighted by Crippen LogP contribution is -2.19. The highest BCUT2D eigenvalue weighted by Gasteiger charge is 2.09. The van der Waals surface area contributed by atoms with Gasteiger partial charge in [-0.25, -0.2) is 0 Å². The van der Waals surface area contributed by atoms with Crippen LogP contribution in [0.2, 0.25) is 5.02 Å². The monoisotopic (exact) mass is 331 g/mol. The Kier molecular flexibility index (Phi) is 4.33. The lowest BCUT2D eigenvalue weighted by Gasteiger charge is -2.01. The summed E-state index contributed by atoms with van der Waals surface area (Å²) in [5, 5.41) is 15.5. The van der Waals surface area contributed by atoms with Gasteiger partial charge in [0.15, 0.2) is 5.82 Å². The van der Waals surface area contributed by atoms with Crippen LogP contribution in [0.15, 0.2) is 36.9 Å². The van der Waals surface area contributed by atoms with Crippen LogP contribution in [-0.2, 0) is 17.9 Å². The fourth-order valence-corrected chi connectivity index (χ4v) is 2.08. The zero-order valence-corrected chi connectivity index (χ0v) is 13.1. The third kappa shape index (κ3) is 3.72. The molecule has 3 rings (SSSR count). The third-order valence-corrected chi connectivity index (χ3v) is 3.27. The number of carbonyl (C=O) groups excluding carboxylic acids is 1. The Hall–Kier alpha value is -2.74. The van der Waals surface area contributed by atoms with Gasteiger partial charge in [0.05, 0.1) is 29.7 Å². The first-order valence-electron chi connectivity index (χ1n) is 6.98. The zero-order chi connectivity index (χ0) is 16.2. The summed E-state index contributed by atoms with van der Waals surface area (Å²) in [6.07, 6.45) is 6.47. The molecule has 0 atom stereocenters. The molecule has 0 spiro atoms. The van der Waals surface area contributed by atoms with E-state index in [-0.39, 0.29) is 12.5 Å². The minimum absolute atomic E-state index is 0.0760. The van der Waals surface area contributed by atoms with E-state index in [4.69, 9.17) is 11.6 Å². The zero-order valence-electron chi connectivity index (χ0n) is 12.3. The van der Waals surface area contributed by atoms with E-state index in [1.165, 1.54) is 15.7 Å². The minimum Gasteiger partial charge on any atom is -0.306 e. The van der Waals surface area contributed by atoms with Crippen molar-refractivity contribution in [1.29, 1.82) is 0 Å². The number of amides is 1. The van der Waals surface area contributed by atoms with Gasteiger partial charge in [0.1, 0.15) is 6.54 Å². The van der Waals surface area contributed by atoms with Gasteiger partial charge in [0, 0.05) is 18.0 Å². The number of anilines is 1. The molecule has 0 aliphatic heterocycles. The van der Waals surface area contributed by atoms with Crippen molar-refractivity contribution >= 4 is 23.3 Å². The molecule has 0 aliphatic carbocycles. The summed E-state index contributed by atoms with van der Waals surface area (Å²) in [6.45, 7) is 2.64. The number of nitrogens with one attached hydrogen (secondary N) is 1. The van der Waals surface area contributed by atoms with Crippen LogP contribution >= 0.6 is 11.6 Å². The summed E-state index contributed by atoms with van der Waals surface area (Å²) < 4.78 is 1.53. The van der Waals surface area contributed by atoms with Crippen LogP contribution in [-0.4, -0.2) is 35.7 Å². The van der Waals surface area contributed by atoms with Gasteiger partial charge in [-0.2, -0.15) is 15.0 Å². The molecule has 3 aromatic rings. The molecule has 0 saturated carbocycles. The van der Waals surface area contributed by atoms with Crippen molar-refractivity contribution in [3.8, 4) is 11.3 Å². The van der Waals surface area contributed by atoms with Crippen LogP contribution in [0.4, 0.5) is 5.82 Å². The smallest absolute Gasteiger partial charge is 0.247 e. The van der Waals surface area contributed by atoms with Gasteiger partial charge < -0.3 is 5.32 Å². The summed E-state index contributed by atoms with van der Waals surface area (Å²) in [4.78, 5) is 17.7. The van der Waals surface area contributed by atoms with Gasteiger partial charge in [-0.05, 0) is 19.1 Å². The SMILES string of the molecule is CCn1ncc(NC(=O)Cn2cc(-c3ccc(Cl)cn3)cn2)n1. The van der Waals surface area contributed by atoms with Crippen molar-refractivity contribution in [1.82, 2.24) is 29.8 Å². The summed E-state index contributed by atoms with van der Waals surface area (Å²) in [5.41, 5.74) is 1.55. The molecule has 0 aliphatic rings. The highest BCUT2D eigenvalue weighted by Crippen LogP contribution is 2.17. The number of rotatable bonds is 5. The van der Waals surface area contributed by atoms with Crippen LogP contribution in [0.1, 0.15) is 6.92 Å². The molecule has 0 saturated heterocycles. The molecular weight excluding hydrogens is 318 g/mol. The maximum absolute atomic E-state index is 12.0. The molecule has 0 radical (unpaired) electrons. The predicted octanol–water partition coefficient (Wildman–Crippen LogP) is 1.85. The standard InChI is InChI=1S/C14H14ClN7O/c1-2-22-18-7-13(20-22)19-14(23)9-21-8-10(5-17-21)12-4-3-11(15)6-16-12/h3-8H,2,9H2,1H3,(H,19,20,23). The molecule has 1 N–H and O–H groups in total. The van der Waals surface area contributed by atoms with Gasteiger partial charge in [0.2, 0.25) is 5.91 Å². The molecule has 1 amide bonds. The average Bonchev–Trinajstić information content (AvgIpc) is 3.17. The Labute approximate surface area is 137 Å². The first-order valence-corrected chi connectivity index (χ1v) is 7.36. The second kappa shape index (κ2) is 6.57. The highest BCUT2D eigenvalue weighted by atomic mass is 35.5. The molecule has 23 heavy (non-hydrogen) atoms. The van der Waals surface area contributed by atoms with Crippen molar-refractivity contribution in [3.05, 3.63) is 41.9 Å². The van der Waals surface area contributed by atoms with E-state index >= 15 is 0 Å². The second-order valence-electron chi connectivity index (χ2n) is 4.75. The normalized spacial score (nSPS) is 10.7. The van der Waals surface area contributed by atoms with Gasteiger partial charge in [0.25, 0.3) is 0 Å². The number of nitrogens with zero attached hydrogens (tertiary/aromatic N) is 6. The summed E-state index contributed by atoms with van der Waals surface area (Å²) >= 11 is 5.81. The van der Waals surface area contributed by atoms with Crippen molar-refractivity contribution < 1.29 is 4.79 Å². The van der Waals surface area contributed by atoms with E-state index in [0.717, 1.165) is 11.3 Å². The first kappa shape index (κ1) is 15.2. The molecule has 3 aromatic heterocycles. The lowest BCUT2D eigenvalue weighted by atomic mass is 10.2. The summed E-state index contributed by atoms with van der Waals surface area (Å²) in [5.74, 6) is 0.190. The van der Waals surface area contributed by atoms with Crippen LogP contribution in [0, 0.1) is 0 Å². The number of aromatic nitrogens is 6. The van der Waals surface area contributed by atoms with Crippen molar-refractivity contribution in [2.75, 3.05) is 5.32 Å². The van der Waals surface area contributed by atoms with Crippen LogP contribution in [0.5, 0.6) is 0 Å². The van der Waals surface area contributed by atoms with Gasteiger partial charge in [-0.15, -0.1) is 5.10 Å². The van der Waals surface area contributed by atoms with Crippen molar-refractivity contribution in [2.45, 2.75) is 20.0 Å². The fourth-order valence-electron chi connectivity index (χ4n) is 1.97. The number of carbonyl (C=O) groups is 1. The Bertz CT molecular complexity index is 809. The topological polar surface area (TPSA) is 90.5 Å². The Morgan fingerprint density at radius 2 is 2.13 bits per heavy atom. The van der Waals surface area contributed by atoms with Crippen molar-refractivity contribution in [3.63, 3.8) is 0 Å². The minimum atomic E-state index is -0.230. The number of pyridine rings is 1. The Balaban J connectivity index is 1.64. The first-order chi connectivity index (χ1) is 11.1. The number of hydrogen-bond donors (Lipinski definition) is 1. The van der Waals surface area contributed by atoms with Gasteiger partial charge >= 0.3 is 0 Å². The molecule has 0 aromatic carbocycles. The van der Waals surface area contributed by atoms with Crippen LogP contribution in [0.3, 0.4) is 0 Å². The molecule has 9 heteroatoms. The third-order valence-electron chi connectivity index (χ3n) is 3.05. The summed E-state index contributed by atoms with van der Waals surface area (Å²) in [6, 6.07) is 3.55. The van der Waals surface area contributed by atoms with E-state index in [1.807, 2.05) is 6.92 Å². The molecule has 8 nitrogen and oxygen atoms in total. The molecule has 0 fully saturated rings. The average molecular weight is 332 g/mol. The second-order valence-corrected chi connectivity index (χ2v) is 5.19. The van der Waals surface area contributed by atoms with E-state index < -0.39 is 0 Å². The summed E-state index contributed by atoms with van der Waals surface area (Å²) in [7, 11) is 0. The number of hydrogen-bond acceptors (Lipinski definition) is 5. The largest absolute Gasteiger partial charge is 0.306 e. The maximum atomic E-state index is 12.0. The van der Waals surface area contributed by atoms with Gasteiger partial charge in [-0.3, -0.25) is 14.5 Å². The number of halogens is 1. The highest BCUT2D eigenvalue weighted by molar-refractivity contribution is 6.30. The number of aryl methyl sites for hydroxylation is 1. The molecular formula is C14H14ClN7O. The molecule has 0 bridgehead atoms. The van der Waals surface area contributed by atoms with E-state index in [1.54, 1.807) is 30.7 Å². The van der Waals surface area contributed by atoms with Crippen molar-refractivity contribution in [2.24, 2.45) is 0 Å². The van der Waals surface area contributed by atoms with Crippen LogP contribution < -0.4 is 5.32 Å². The van der Waals surface area contributed by atoms with Crippen LogP contribution in [0.25, 0.3) is 11.3 Å². The van der Waals surface area contributed by atoms with E-state index in [0.29, 0.717) is 17.4 Å². The van der Waals surface area contributed by atoms with Gasteiger partial charge in [-0.1, -0.05) is 11.6 Å². The quantitative estimate of drug-likeness (QED) is 0.770. The van der Waals surface area contributed by atoms with E-state index in [2.05, 4.69) is 25.6 Å². The Morgan fingerprint density at radius 3 is 2.83 bits per heavy atom. The maximum Gasteiger partial charge on any atom is 0.247 e. The lowest BCUT2D eigenvalue weighted by molar-refractivity contribution is -0.116.